The van der Waals surface area contributed by atoms with Gasteiger partial charge in [-0.05, 0) is 41.1 Å². The van der Waals surface area contributed by atoms with Crippen LogP contribution in [0.2, 0.25) is 0 Å². The normalized spacial score (nSPS) is 10.0. The van der Waals surface area contributed by atoms with Gasteiger partial charge in [-0.25, -0.2) is 0 Å². The molecule has 17 heavy (non-hydrogen) atoms. The first-order valence-corrected chi connectivity index (χ1v) is 6.20. The summed E-state index contributed by atoms with van der Waals surface area (Å²) in [4.78, 5) is 4.38. The number of hydrogen-bond donors (Lipinski definition) is 1. The summed E-state index contributed by atoms with van der Waals surface area (Å²) in [5.41, 5.74) is 0.995. The summed E-state index contributed by atoms with van der Waals surface area (Å²) in [5.74, 6) is 1.37. The summed E-state index contributed by atoms with van der Waals surface area (Å²) in [6.07, 6.45) is 0. The maximum atomic E-state index is 5.37. The van der Waals surface area contributed by atoms with Crippen molar-refractivity contribution < 1.29 is 4.74 Å². The van der Waals surface area contributed by atoms with E-state index in [4.69, 9.17) is 4.74 Å². The fraction of sp³-hybridized carbons (Fsp3) is 0.154. The van der Waals surface area contributed by atoms with Crippen molar-refractivity contribution in [3.8, 4) is 5.88 Å². The largest absolute Gasteiger partial charge is 0.478 e. The summed E-state index contributed by atoms with van der Waals surface area (Å²) in [5, 5.41) is 3.23. The van der Waals surface area contributed by atoms with Gasteiger partial charge in [-0.1, -0.05) is 18.2 Å². The molecule has 0 spiro atoms. The van der Waals surface area contributed by atoms with Crippen LogP contribution in [0, 0.1) is 0 Å². The molecule has 0 amide bonds. The Morgan fingerprint density at radius 1 is 1.18 bits per heavy atom. The second-order valence-corrected chi connectivity index (χ2v) is 4.26. The number of hydrogen-bond acceptors (Lipinski definition) is 3. The Morgan fingerprint density at radius 3 is 2.65 bits per heavy atom. The van der Waals surface area contributed by atoms with Crippen LogP contribution in [0.5, 0.6) is 5.88 Å². The van der Waals surface area contributed by atoms with Crippen molar-refractivity contribution >= 4 is 27.4 Å². The number of halogens is 1. The smallest absolute Gasteiger partial charge is 0.215 e. The van der Waals surface area contributed by atoms with Crippen molar-refractivity contribution in [3.63, 3.8) is 0 Å². The van der Waals surface area contributed by atoms with E-state index in [2.05, 4.69) is 26.2 Å². The molecule has 0 unspecified atom stereocenters. The molecular weight excluding hydrogens is 280 g/mol. The Morgan fingerprint density at radius 2 is 1.94 bits per heavy atom. The first kappa shape index (κ1) is 11.9. The Kier molecular flexibility index (Phi) is 3.98. The number of rotatable bonds is 4. The predicted octanol–water partition coefficient (Wildman–Crippen LogP) is 3.99. The third-order valence-corrected chi connectivity index (χ3v) is 2.79. The van der Waals surface area contributed by atoms with Crippen molar-refractivity contribution in [2.24, 2.45) is 0 Å². The molecule has 0 fully saturated rings. The molecule has 0 aliphatic rings. The van der Waals surface area contributed by atoms with Crippen molar-refractivity contribution in [1.29, 1.82) is 0 Å². The molecule has 0 aliphatic heterocycles. The number of anilines is 2. The highest BCUT2D eigenvalue weighted by Gasteiger charge is 2.04. The van der Waals surface area contributed by atoms with Gasteiger partial charge in [0.05, 0.1) is 11.1 Å². The predicted molar refractivity (Wildman–Crippen MR) is 72.8 cm³/mol. The number of pyridine rings is 1. The van der Waals surface area contributed by atoms with Gasteiger partial charge >= 0.3 is 0 Å². The third-order valence-electron chi connectivity index (χ3n) is 2.15. The quantitative estimate of drug-likeness (QED) is 0.925. The van der Waals surface area contributed by atoms with E-state index in [0.717, 1.165) is 16.0 Å². The molecule has 0 radical (unpaired) electrons. The second-order valence-electron chi connectivity index (χ2n) is 3.40. The Balaban J connectivity index is 2.22. The lowest BCUT2D eigenvalue weighted by molar-refractivity contribution is 0.327. The lowest BCUT2D eigenvalue weighted by Gasteiger charge is -2.09. The van der Waals surface area contributed by atoms with E-state index in [0.29, 0.717) is 12.5 Å². The van der Waals surface area contributed by atoms with Gasteiger partial charge in [0.2, 0.25) is 5.88 Å². The number of ether oxygens (including phenoxy) is 1. The minimum Gasteiger partial charge on any atom is -0.478 e. The zero-order chi connectivity index (χ0) is 12.1. The van der Waals surface area contributed by atoms with Crippen LogP contribution in [0.25, 0.3) is 0 Å². The maximum Gasteiger partial charge on any atom is 0.215 e. The van der Waals surface area contributed by atoms with Crippen molar-refractivity contribution in [2.75, 3.05) is 11.9 Å². The fourth-order valence-electron chi connectivity index (χ4n) is 1.40. The van der Waals surface area contributed by atoms with Gasteiger partial charge in [0.1, 0.15) is 5.82 Å². The van der Waals surface area contributed by atoms with Gasteiger partial charge in [0.25, 0.3) is 0 Å². The molecule has 0 bridgehead atoms. The molecule has 0 saturated carbocycles. The monoisotopic (exact) mass is 292 g/mol. The highest BCUT2D eigenvalue weighted by atomic mass is 79.9. The number of para-hydroxylation sites is 1. The zero-order valence-electron chi connectivity index (χ0n) is 9.48. The minimum atomic E-state index is 0.611. The van der Waals surface area contributed by atoms with E-state index in [1.807, 2.05) is 49.4 Å². The summed E-state index contributed by atoms with van der Waals surface area (Å²) < 4.78 is 6.27. The lowest BCUT2D eigenvalue weighted by atomic mass is 10.3. The highest BCUT2D eigenvalue weighted by Crippen LogP contribution is 2.26. The van der Waals surface area contributed by atoms with Gasteiger partial charge in [-0.2, -0.15) is 4.98 Å². The summed E-state index contributed by atoms with van der Waals surface area (Å²) in [7, 11) is 0. The zero-order valence-corrected chi connectivity index (χ0v) is 11.1. The van der Waals surface area contributed by atoms with Gasteiger partial charge < -0.3 is 10.1 Å². The van der Waals surface area contributed by atoms with Crippen LogP contribution in [-0.2, 0) is 0 Å². The van der Waals surface area contributed by atoms with E-state index >= 15 is 0 Å². The molecule has 2 rings (SSSR count). The molecule has 88 valence electrons. The van der Waals surface area contributed by atoms with Gasteiger partial charge in [0.15, 0.2) is 0 Å². The van der Waals surface area contributed by atoms with E-state index in [-0.39, 0.29) is 0 Å². The molecule has 1 aromatic carbocycles. The van der Waals surface area contributed by atoms with Gasteiger partial charge in [-0.15, -0.1) is 0 Å². The summed E-state index contributed by atoms with van der Waals surface area (Å²) >= 11 is 3.46. The van der Waals surface area contributed by atoms with Crippen LogP contribution in [0.3, 0.4) is 0 Å². The average molecular weight is 293 g/mol. The number of benzene rings is 1. The van der Waals surface area contributed by atoms with Crippen molar-refractivity contribution in [3.05, 3.63) is 46.9 Å². The van der Waals surface area contributed by atoms with Gasteiger partial charge in [0, 0.05) is 11.8 Å². The van der Waals surface area contributed by atoms with Crippen LogP contribution < -0.4 is 10.1 Å². The van der Waals surface area contributed by atoms with Crippen LogP contribution in [-0.4, -0.2) is 11.6 Å². The molecule has 3 nitrogen and oxygen atoms in total. The number of nitrogens with one attached hydrogen (secondary N) is 1. The minimum absolute atomic E-state index is 0.611. The molecule has 4 heteroatoms. The van der Waals surface area contributed by atoms with Crippen LogP contribution in [0.15, 0.2) is 46.9 Å². The Bertz CT molecular complexity index is 488. The molecule has 1 heterocycles. The molecule has 0 atom stereocenters. The van der Waals surface area contributed by atoms with Gasteiger partial charge in [-0.3, -0.25) is 0 Å². The Hall–Kier alpha value is -1.55. The van der Waals surface area contributed by atoms with Crippen molar-refractivity contribution in [1.82, 2.24) is 4.98 Å². The maximum absolute atomic E-state index is 5.37. The first-order chi connectivity index (χ1) is 8.29. The van der Waals surface area contributed by atoms with Crippen LogP contribution in [0.4, 0.5) is 11.5 Å². The second kappa shape index (κ2) is 5.68. The van der Waals surface area contributed by atoms with Crippen LogP contribution in [0.1, 0.15) is 6.92 Å². The van der Waals surface area contributed by atoms with E-state index < -0.39 is 0 Å². The Labute approximate surface area is 109 Å². The number of aromatic nitrogens is 1. The molecule has 0 aliphatic carbocycles. The van der Waals surface area contributed by atoms with E-state index in [1.54, 1.807) is 0 Å². The van der Waals surface area contributed by atoms with E-state index in [9.17, 15) is 0 Å². The molecule has 2 aromatic rings. The standard InChI is InChI=1S/C13H13BrN2O/c1-2-17-12-9-8-11(14)13(16-12)15-10-6-4-3-5-7-10/h3-9H,2H2,1H3,(H,15,16). The lowest BCUT2D eigenvalue weighted by Crippen LogP contribution is -1.99. The average Bonchev–Trinajstić information content (AvgIpc) is 2.35. The molecular formula is C13H13BrN2O. The molecule has 1 aromatic heterocycles. The number of nitrogens with zero attached hydrogens (tertiary/aromatic N) is 1. The topological polar surface area (TPSA) is 34.1 Å². The third kappa shape index (κ3) is 3.20. The summed E-state index contributed by atoms with van der Waals surface area (Å²) in [6.45, 7) is 2.55. The van der Waals surface area contributed by atoms with E-state index in [1.165, 1.54) is 0 Å². The van der Waals surface area contributed by atoms with Crippen molar-refractivity contribution in [2.45, 2.75) is 6.92 Å². The fourth-order valence-corrected chi connectivity index (χ4v) is 1.72. The molecule has 0 saturated heterocycles. The SMILES string of the molecule is CCOc1ccc(Br)c(Nc2ccccc2)n1. The summed E-state index contributed by atoms with van der Waals surface area (Å²) in [6, 6.07) is 13.7. The first-order valence-electron chi connectivity index (χ1n) is 5.41. The molecule has 1 N–H and O–H groups in total. The van der Waals surface area contributed by atoms with Crippen LogP contribution >= 0.6 is 15.9 Å². The highest BCUT2D eigenvalue weighted by molar-refractivity contribution is 9.10.